The van der Waals surface area contributed by atoms with Gasteiger partial charge in [-0.15, -0.1) is 10.2 Å². The van der Waals surface area contributed by atoms with E-state index < -0.39 is 5.91 Å². The minimum atomic E-state index is -0.525. The number of anilines is 1. The van der Waals surface area contributed by atoms with Crippen molar-refractivity contribution in [1.82, 2.24) is 14.8 Å². The monoisotopic (exact) mass is 441 g/mol. The lowest BCUT2D eigenvalue weighted by molar-refractivity contribution is -0.118. The van der Waals surface area contributed by atoms with Gasteiger partial charge in [0.2, 0.25) is 11.8 Å². The first-order valence-electron chi connectivity index (χ1n) is 9.34. The van der Waals surface area contributed by atoms with Crippen molar-refractivity contribution in [2.75, 3.05) is 25.3 Å². The van der Waals surface area contributed by atoms with Crippen molar-refractivity contribution in [1.29, 1.82) is 0 Å². The van der Waals surface area contributed by atoms with Gasteiger partial charge in [-0.25, -0.2) is 0 Å². The Bertz CT molecular complexity index is 1100. The highest BCUT2D eigenvalue weighted by molar-refractivity contribution is 7.99. The number of aromatic nitrogens is 3. The summed E-state index contributed by atoms with van der Waals surface area (Å²) in [4.78, 5) is 24.1. The van der Waals surface area contributed by atoms with E-state index in [4.69, 9.17) is 15.2 Å². The molecule has 0 atom stereocenters. The summed E-state index contributed by atoms with van der Waals surface area (Å²) in [6, 6.07) is 12.8. The maximum absolute atomic E-state index is 12.5. The van der Waals surface area contributed by atoms with Crippen LogP contribution in [0.4, 0.5) is 5.69 Å². The highest BCUT2D eigenvalue weighted by Crippen LogP contribution is 2.30. The van der Waals surface area contributed by atoms with Crippen molar-refractivity contribution in [3.05, 3.63) is 48.0 Å². The largest absolute Gasteiger partial charge is 0.497 e. The number of aryl methyl sites for hydroxylation is 1. The van der Waals surface area contributed by atoms with Crippen LogP contribution >= 0.6 is 11.8 Å². The van der Waals surface area contributed by atoms with Crippen LogP contribution in [0.5, 0.6) is 11.5 Å². The highest BCUT2D eigenvalue weighted by atomic mass is 32.2. The number of amides is 2. The average Bonchev–Trinajstić information content (AvgIpc) is 3.14. The summed E-state index contributed by atoms with van der Waals surface area (Å²) in [5.41, 5.74) is 7.80. The van der Waals surface area contributed by atoms with Crippen molar-refractivity contribution >= 4 is 29.3 Å². The molecule has 1 aromatic heterocycles. The lowest BCUT2D eigenvalue weighted by Gasteiger charge is -2.12. The molecule has 2 aromatic carbocycles. The predicted molar refractivity (Wildman–Crippen MR) is 118 cm³/mol. The number of thioether (sulfide) groups is 1. The minimum Gasteiger partial charge on any atom is -0.497 e. The van der Waals surface area contributed by atoms with E-state index in [0.717, 1.165) is 22.9 Å². The van der Waals surface area contributed by atoms with Crippen LogP contribution < -0.4 is 20.5 Å². The Morgan fingerprint density at radius 3 is 2.61 bits per heavy atom. The number of carbonyl (C=O) groups is 2. The molecule has 3 aromatic rings. The summed E-state index contributed by atoms with van der Waals surface area (Å²) in [5.74, 6) is 0.882. The van der Waals surface area contributed by atoms with E-state index in [1.54, 1.807) is 29.9 Å². The average molecular weight is 442 g/mol. The van der Waals surface area contributed by atoms with E-state index in [2.05, 4.69) is 15.5 Å². The number of hydrogen-bond donors (Lipinski definition) is 2. The van der Waals surface area contributed by atoms with Crippen molar-refractivity contribution < 1.29 is 19.1 Å². The van der Waals surface area contributed by atoms with Crippen LogP contribution in [0.3, 0.4) is 0 Å². The summed E-state index contributed by atoms with van der Waals surface area (Å²) in [5, 5.41) is 11.6. The number of nitrogens with two attached hydrogens (primary N) is 1. The number of nitrogens with one attached hydrogen (secondary N) is 1. The number of primary amides is 1. The van der Waals surface area contributed by atoms with E-state index >= 15 is 0 Å². The third kappa shape index (κ3) is 5.54. The molecular formula is C21H23N5O4S. The number of hydrogen-bond acceptors (Lipinski definition) is 7. The molecule has 9 nitrogen and oxygen atoms in total. The van der Waals surface area contributed by atoms with Crippen LogP contribution in [-0.2, 0) is 16.1 Å². The van der Waals surface area contributed by atoms with Crippen molar-refractivity contribution in [2.45, 2.75) is 18.6 Å². The van der Waals surface area contributed by atoms with E-state index in [9.17, 15) is 9.59 Å². The van der Waals surface area contributed by atoms with E-state index in [-0.39, 0.29) is 18.2 Å². The number of methoxy groups -OCH3 is 2. The fourth-order valence-corrected chi connectivity index (χ4v) is 3.65. The molecule has 162 valence electrons. The number of rotatable bonds is 9. The zero-order chi connectivity index (χ0) is 22.4. The minimum absolute atomic E-state index is 0.0555. The fraction of sp³-hybridized carbons (Fsp3) is 0.238. The van der Waals surface area contributed by atoms with E-state index in [0.29, 0.717) is 28.2 Å². The van der Waals surface area contributed by atoms with Gasteiger partial charge in [0, 0.05) is 11.6 Å². The van der Waals surface area contributed by atoms with Crippen LogP contribution in [0.25, 0.3) is 11.4 Å². The number of carbonyl (C=O) groups excluding carboxylic acids is 2. The Hall–Kier alpha value is -3.53. The fourth-order valence-electron chi connectivity index (χ4n) is 2.91. The number of benzene rings is 2. The molecular weight excluding hydrogens is 418 g/mol. The number of ether oxygens (including phenoxy) is 2. The molecule has 0 unspecified atom stereocenters. The summed E-state index contributed by atoms with van der Waals surface area (Å²) in [6.45, 7) is 1.87. The summed E-state index contributed by atoms with van der Waals surface area (Å²) < 4.78 is 12.1. The third-order valence-electron chi connectivity index (χ3n) is 4.32. The van der Waals surface area contributed by atoms with Crippen LogP contribution in [0.1, 0.15) is 5.56 Å². The zero-order valence-electron chi connectivity index (χ0n) is 17.4. The predicted octanol–water partition coefficient (Wildman–Crippen LogP) is 2.49. The van der Waals surface area contributed by atoms with Gasteiger partial charge in [0.1, 0.15) is 18.0 Å². The first-order chi connectivity index (χ1) is 14.9. The Balaban J connectivity index is 1.75. The smallest absolute Gasteiger partial charge is 0.237 e. The van der Waals surface area contributed by atoms with Gasteiger partial charge < -0.3 is 20.5 Å². The van der Waals surface area contributed by atoms with Crippen LogP contribution in [0.2, 0.25) is 0 Å². The van der Waals surface area contributed by atoms with Crippen molar-refractivity contribution in [3.63, 3.8) is 0 Å². The maximum atomic E-state index is 12.5. The lowest BCUT2D eigenvalue weighted by atomic mass is 10.1. The molecule has 31 heavy (non-hydrogen) atoms. The summed E-state index contributed by atoms with van der Waals surface area (Å²) >= 11 is 1.16. The van der Waals surface area contributed by atoms with Crippen molar-refractivity contribution in [2.24, 2.45) is 5.73 Å². The third-order valence-corrected chi connectivity index (χ3v) is 5.29. The summed E-state index contributed by atoms with van der Waals surface area (Å²) in [6.07, 6.45) is 0. The SMILES string of the molecule is COc1ccc(NC(=O)CSc2nnc(-c3cccc(C)c3)n2CC(N)=O)c(OC)c1. The Morgan fingerprint density at radius 2 is 1.94 bits per heavy atom. The topological polar surface area (TPSA) is 121 Å². The van der Waals surface area contributed by atoms with Gasteiger partial charge in [-0.05, 0) is 25.1 Å². The standard InChI is InChI=1S/C21H23N5O4S/c1-13-5-4-6-14(9-13)20-24-25-21(26(20)11-18(22)27)31-12-19(28)23-16-8-7-15(29-2)10-17(16)30-3/h4-10H,11-12H2,1-3H3,(H2,22,27)(H,23,28). The van der Waals surface area contributed by atoms with Crippen molar-refractivity contribution in [3.8, 4) is 22.9 Å². The molecule has 0 saturated heterocycles. The Labute approximate surface area is 183 Å². The van der Waals surface area contributed by atoms with Crippen LogP contribution in [0.15, 0.2) is 47.6 Å². The van der Waals surface area contributed by atoms with Gasteiger partial charge in [0.05, 0.1) is 25.7 Å². The molecule has 10 heteroatoms. The van der Waals surface area contributed by atoms with Crippen LogP contribution in [-0.4, -0.2) is 46.6 Å². The second-order valence-corrected chi connectivity index (χ2v) is 7.57. The van der Waals surface area contributed by atoms with Gasteiger partial charge >= 0.3 is 0 Å². The maximum Gasteiger partial charge on any atom is 0.237 e. The molecule has 0 saturated carbocycles. The van der Waals surface area contributed by atoms with Crippen LogP contribution in [0, 0.1) is 6.92 Å². The molecule has 2 amide bonds. The van der Waals surface area contributed by atoms with E-state index in [1.807, 2.05) is 31.2 Å². The normalized spacial score (nSPS) is 10.5. The quantitative estimate of drug-likeness (QED) is 0.489. The molecule has 0 aliphatic carbocycles. The molecule has 0 spiro atoms. The highest BCUT2D eigenvalue weighted by Gasteiger charge is 2.18. The number of nitrogens with zero attached hydrogens (tertiary/aromatic N) is 3. The lowest BCUT2D eigenvalue weighted by Crippen LogP contribution is -2.20. The zero-order valence-corrected chi connectivity index (χ0v) is 18.2. The van der Waals surface area contributed by atoms with E-state index in [1.165, 1.54) is 7.11 Å². The molecule has 0 aliphatic heterocycles. The van der Waals surface area contributed by atoms with Gasteiger partial charge in [0.15, 0.2) is 11.0 Å². The Kier molecular flexibility index (Phi) is 7.14. The van der Waals surface area contributed by atoms with Gasteiger partial charge in [-0.3, -0.25) is 14.2 Å². The molecule has 0 radical (unpaired) electrons. The molecule has 3 N–H and O–H groups in total. The first-order valence-corrected chi connectivity index (χ1v) is 10.3. The summed E-state index contributed by atoms with van der Waals surface area (Å²) in [7, 11) is 3.06. The molecule has 3 rings (SSSR count). The Morgan fingerprint density at radius 1 is 1.13 bits per heavy atom. The van der Waals surface area contributed by atoms with Gasteiger partial charge in [-0.1, -0.05) is 35.5 Å². The van der Waals surface area contributed by atoms with Gasteiger partial charge in [-0.2, -0.15) is 0 Å². The van der Waals surface area contributed by atoms with Gasteiger partial charge in [0.25, 0.3) is 0 Å². The molecule has 0 fully saturated rings. The second-order valence-electron chi connectivity index (χ2n) is 6.63. The first kappa shape index (κ1) is 22.2. The molecule has 0 aliphatic rings. The second kappa shape index (κ2) is 9.98. The molecule has 1 heterocycles. The molecule has 0 bridgehead atoms.